The van der Waals surface area contributed by atoms with Crippen LogP contribution in [0.4, 0.5) is 0 Å². The molecule has 1 aliphatic carbocycles. The maximum absolute atomic E-state index is 13.0. The smallest absolute Gasteiger partial charge is 0.255 e. The van der Waals surface area contributed by atoms with Crippen LogP contribution in [0.3, 0.4) is 0 Å². The summed E-state index contributed by atoms with van der Waals surface area (Å²) < 4.78 is 2.35. The molecule has 1 aliphatic heterocycles. The molecule has 6 nitrogen and oxygen atoms in total. The van der Waals surface area contributed by atoms with Crippen LogP contribution in [-0.2, 0) is 6.42 Å². The van der Waals surface area contributed by atoms with Gasteiger partial charge < -0.3 is 9.47 Å². The molecule has 2 aromatic heterocycles. The Bertz CT molecular complexity index is 778. The molecule has 4 rings (SSSR count). The maximum atomic E-state index is 13.0. The average Bonchev–Trinajstić information content (AvgIpc) is 3.25. The number of aryl methyl sites for hydroxylation is 2. The van der Waals surface area contributed by atoms with Crippen molar-refractivity contribution in [3.8, 4) is 0 Å². The number of H-pyrrole nitrogens is 1. The molecular weight excluding hydrogens is 314 g/mol. The van der Waals surface area contributed by atoms with Gasteiger partial charge in [-0.1, -0.05) is 6.92 Å². The Labute approximate surface area is 148 Å². The number of hydrogen-bond acceptors (Lipinski definition) is 3. The lowest BCUT2D eigenvalue weighted by Gasteiger charge is -2.30. The zero-order chi connectivity index (χ0) is 17.6. The average molecular weight is 341 g/mol. The third kappa shape index (κ3) is 2.98. The van der Waals surface area contributed by atoms with Crippen LogP contribution in [0.1, 0.15) is 78.0 Å². The van der Waals surface area contributed by atoms with Crippen molar-refractivity contribution in [2.24, 2.45) is 0 Å². The van der Waals surface area contributed by atoms with Gasteiger partial charge in [0.15, 0.2) is 5.82 Å². The molecule has 0 spiro atoms. The van der Waals surface area contributed by atoms with E-state index in [0.717, 1.165) is 55.3 Å². The Balaban J connectivity index is 1.44. The topological polar surface area (TPSA) is 66.8 Å². The molecule has 134 valence electrons. The fraction of sp³-hybridized carbons (Fsp3) is 0.632. The zero-order valence-corrected chi connectivity index (χ0v) is 15.4. The number of nitrogens with zero attached hydrogens (tertiary/aromatic N) is 4. The van der Waals surface area contributed by atoms with E-state index in [4.69, 9.17) is 0 Å². The van der Waals surface area contributed by atoms with Crippen molar-refractivity contribution in [2.75, 3.05) is 13.1 Å². The molecule has 1 saturated carbocycles. The predicted octanol–water partition coefficient (Wildman–Crippen LogP) is 3.14. The first kappa shape index (κ1) is 16.4. The monoisotopic (exact) mass is 341 g/mol. The number of carbonyl (C=O) groups is 1. The van der Waals surface area contributed by atoms with Gasteiger partial charge in [-0.15, -0.1) is 0 Å². The third-order valence-corrected chi connectivity index (χ3v) is 5.66. The first-order chi connectivity index (χ1) is 12.1. The molecule has 1 saturated heterocycles. The number of rotatable bonds is 4. The van der Waals surface area contributed by atoms with Gasteiger partial charge in [0.1, 0.15) is 5.82 Å². The largest absolute Gasteiger partial charge is 0.345 e. The molecule has 25 heavy (non-hydrogen) atoms. The highest BCUT2D eigenvalue weighted by molar-refractivity contribution is 5.95. The van der Waals surface area contributed by atoms with Crippen molar-refractivity contribution in [2.45, 2.75) is 64.8 Å². The van der Waals surface area contributed by atoms with Gasteiger partial charge >= 0.3 is 0 Å². The van der Waals surface area contributed by atoms with E-state index in [-0.39, 0.29) is 5.91 Å². The molecule has 0 radical (unpaired) electrons. The summed E-state index contributed by atoms with van der Waals surface area (Å²) >= 11 is 0. The number of aromatic amines is 1. The molecule has 0 unspecified atom stereocenters. The lowest BCUT2D eigenvalue weighted by molar-refractivity contribution is 0.0710. The highest BCUT2D eigenvalue weighted by Gasteiger charge is 2.31. The summed E-state index contributed by atoms with van der Waals surface area (Å²) in [5.41, 5.74) is 3.23. The van der Waals surface area contributed by atoms with Crippen molar-refractivity contribution in [1.82, 2.24) is 24.6 Å². The van der Waals surface area contributed by atoms with Crippen LogP contribution < -0.4 is 0 Å². The van der Waals surface area contributed by atoms with E-state index in [1.807, 2.05) is 4.90 Å². The molecule has 0 bridgehead atoms. The van der Waals surface area contributed by atoms with Crippen molar-refractivity contribution in [1.29, 1.82) is 0 Å². The van der Waals surface area contributed by atoms with Gasteiger partial charge in [-0.3, -0.25) is 9.89 Å². The van der Waals surface area contributed by atoms with Crippen molar-refractivity contribution < 1.29 is 4.79 Å². The molecule has 1 amide bonds. The summed E-state index contributed by atoms with van der Waals surface area (Å²) in [4.78, 5) is 19.6. The number of amides is 1. The number of nitrogens with one attached hydrogen (secondary N) is 1. The molecule has 6 heteroatoms. The molecular formula is C19H27N5O. The van der Waals surface area contributed by atoms with Gasteiger partial charge in [0.25, 0.3) is 5.91 Å². The molecule has 0 atom stereocenters. The normalized spacial score (nSPS) is 18.8. The fourth-order valence-electron chi connectivity index (χ4n) is 4.05. The first-order valence-corrected chi connectivity index (χ1v) is 9.47. The minimum Gasteiger partial charge on any atom is -0.345 e. The lowest BCUT2D eigenvalue weighted by Crippen LogP contribution is -2.38. The quantitative estimate of drug-likeness (QED) is 0.929. The second-order valence-corrected chi connectivity index (χ2v) is 7.45. The van der Waals surface area contributed by atoms with E-state index in [1.165, 1.54) is 18.5 Å². The molecule has 2 aromatic rings. The molecule has 2 fully saturated rings. The predicted molar refractivity (Wildman–Crippen MR) is 95.8 cm³/mol. The number of carbonyl (C=O) groups excluding carboxylic acids is 1. The van der Waals surface area contributed by atoms with Crippen LogP contribution in [0.2, 0.25) is 0 Å². The van der Waals surface area contributed by atoms with E-state index in [1.54, 1.807) is 0 Å². The Morgan fingerprint density at radius 1 is 1.24 bits per heavy atom. The summed E-state index contributed by atoms with van der Waals surface area (Å²) in [6.45, 7) is 7.84. The van der Waals surface area contributed by atoms with Gasteiger partial charge in [0, 0.05) is 42.9 Å². The van der Waals surface area contributed by atoms with E-state index in [0.29, 0.717) is 12.0 Å². The van der Waals surface area contributed by atoms with E-state index in [9.17, 15) is 4.79 Å². The second-order valence-electron chi connectivity index (χ2n) is 7.45. The van der Waals surface area contributed by atoms with Gasteiger partial charge in [0.2, 0.25) is 0 Å². The van der Waals surface area contributed by atoms with Gasteiger partial charge in [-0.05, 0) is 45.6 Å². The zero-order valence-electron chi connectivity index (χ0n) is 15.4. The third-order valence-electron chi connectivity index (χ3n) is 5.66. The van der Waals surface area contributed by atoms with Crippen LogP contribution in [0.25, 0.3) is 0 Å². The molecule has 3 heterocycles. The van der Waals surface area contributed by atoms with E-state index < -0.39 is 0 Å². The minimum atomic E-state index is 0.183. The Kier molecular flexibility index (Phi) is 4.13. The number of piperidine rings is 1. The van der Waals surface area contributed by atoms with Gasteiger partial charge in [0.05, 0.1) is 5.56 Å². The van der Waals surface area contributed by atoms with Gasteiger partial charge in [-0.25, -0.2) is 4.98 Å². The highest BCUT2D eigenvalue weighted by atomic mass is 16.2. The number of likely N-dealkylation sites (tertiary alicyclic amines) is 1. The first-order valence-electron chi connectivity index (χ1n) is 9.47. The standard InChI is InChI=1S/C19H27N5O/c1-4-17-20-18(22-21-17)14-7-9-23(10-8-14)19(25)16-11-12(2)24(13(16)3)15-5-6-15/h11,14-15H,4-10H2,1-3H3,(H,20,21,22). The molecule has 0 aromatic carbocycles. The van der Waals surface area contributed by atoms with Crippen LogP contribution >= 0.6 is 0 Å². The Morgan fingerprint density at radius 3 is 2.56 bits per heavy atom. The number of hydrogen-bond donors (Lipinski definition) is 1. The Hall–Kier alpha value is -2.11. The summed E-state index contributed by atoms with van der Waals surface area (Å²) in [5, 5.41) is 7.35. The highest BCUT2D eigenvalue weighted by Crippen LogP contribution is 2.38. The summed E-state index contributed by atoms with van der Waals surface area (Å²) in [5.74, 6) is 2.40. The van der Waals surface area contributed by atoms with Gasteiger partial charge in [-0.2, -0.15) is 5.10 Å². The van der Waals surface area contributed by atoms with Crippen LogP contribution in [-0.4, -0.2) is 43.6 Å². The van der Waals surface area contributed by atoms with Crippen molar-refractivity contribution in [3.63, 3.8) is 0 Å². The second kappa shape index (κ2) is 6.32. The van der Waals surface area contributed by atoms with Crippen molar-refractivity contribution >= 4 is 5.91 Å². The summed E-state index contributed by atoms with van der Waals surface area (Å²) in [6.07, 6.45) is 5.24. The molecule has 2 aliphatic rings. The van der Waals surface area contributed by atoms with E-state index >= 15 is 0 Å². The van der Waals surface area contributed by atoms with Crippen LogP contribution in [0.15, 0.2) is 6.07 Å². The van der Waals surface area contributed by atoms with Crippen LogP contribution in [0.5, 0.6) is 0 Å². The Morgan fingerprint density at radius 2 is 1.96 bits per heavy atom. The van der Waals surface area contributed by atoms with Crippen molar-refractivity contribution in [3.05, 3.63) is 34.7 Å². The molecule has 1 N–H and O–H groups in total. The summed E-state index contributed by atoms with van der Waals surface area (Å²) in [6, 6.07) is 2.69. The number of aromatic nitrogens is 4. The SMILES string of the molecule is CCc1nc(C2CCN(C(=O)c3cc(C)n(C4CC4)c3C)CC2)n[nH]1. The lowest BCUT2D eigenvalue weighted by atomic mass is 9.95. The maximum Gasteiger partial charge on any atom is 0.255 e. The van der Waals surface area contributed by atoms with E-state index in [2.05, 4.69) is 46.6 Å². The fourth-order valence-corrected chi connectivity index (χ4v) is 4.05. The van der Waals surface area contributed by atoms with Crippen LogP contribution in [0, 0.1) is 13.8 Å². The minimum absolute atomic E-state index is 0.183. The summed E-state index contributed by atoms with van der Waals surface area (Å²) in [7, 11) is 0.